The van der Waals surface area contributed by atoms with E-state index in [0.717, 1.165) is 5.56 Å². The van der Waals surface area contributed by atoms with Crippen LogP contribution in [0.5, 0.6) is 5.75 Å². The fourth-order valence-electron chi connectivity index (χ4n) is 3.34. The van der Waals surface area contributed by atoms with Crippen LogP contribution in [0.4, 0.5) is 10.1 Å². The number of carboxylic acid groups (broad SMARTS) is 2. The van der Waals surface area contributed by atoms with Gasteiger partial charge in [-0.3, -0.25) is 9.59 Å². The SMILES string of the molecule is COc1cccc(-c2ccc(NC(=O)C3=C(C(=O)O)C(C(=O)O)CC3)c(F)c2)c1. The lowest BCUT2D eigenvalue weighted by molar-refractivity contribution is -0.143. The molecule has 29 heavy (non-hydrogen) atoms. The molecule has 1 aliphatic rings. The van der Waals surface area contributed by atoms with Crippen molar-refractivity contribution in [3.8, 4) is 16.9 Å². The Morgan fingerprint density at radius 2 is 1.83 bits per heavy atom. The number of amides is 1. The third-order valence-corrected chi connectivity index (χ3v) is 4.78. The fourth-order valence-corrected chi connectivity index (χ4v) is 3.34. The number of anilines is 1. The second-order valence-electron chi connectivity index (χ2n) is 6.51. The molecule has 0 fully saturated rings. The van der Waals surface area contributed by atoms with E-state index in [1.807, 2.05) is 0 Å². The van der Waals surface area contributed by atoms with Crippen LogP contribution in [0.15, 0.2) is 53.6 Å². The van der Waals surface area contributed by atoms with E-state index in [1.54, 1.807) is 30.3 Å². The Balaban J connectivity index is 1.86. The zero-order valence-corrected chi connectivity index (χ0v) is 15.4. The summed E-state index contributed by atoms with van der Waals surface area (Å²) in [6, 6.07) is 11.3. The largest absolute Gasteiger partial charge is 0.497 e. The van der Waals surface area contributed by atoms with Gasteiger partial charge in [-0.2, -0.15) is 0 Å². The summed E-state index contributed by atoms with van der Waals surface area (Å²) < 4.78 is 19.7. The van der Waals surface area contributed by atoms with Crippen molar-refractivity contribution in [2.45, 2.75) is 12.8 Å². The van der Waals surface area contributed by atoms with E-state index < -0.39 is 35.2 Å². The molecule has 0 saturated heterocycles. The number of ether oxygens (including phenoxy) is 1. The highest BCUT2D eigenvalue weighted by Crippen LogP contribution is 2.34. The Labute approximate surface area is 165 Å². The predicted octanol–water partition coefficient (Wildman–Crippen LogP) is 3.32. The van der Waals surface area contributed by atoms with Crippen molar-refractivity contribution in [2.75, 3.05) is 12.4 Å². The second-order valence-corrected chi connectivity index (χ2v) is 6.51. The lowest BCUT2D eigenvalue weighted by Crippen LogP contribution is -2.21. The Kier molecular flexibility index (Phi) is 5.63. The third-order valence-electron chi connectivity index (χ3n) is 4.78. The topological polar surface area (TPSA) is 113 Å². The van der Waals surface area contributed by atoms with Gasteiger partial charge in [-0.05, 0) is 48.2 Å². The number of carbonyl (C=O) groups excluding carboxylic acids is 1. The zero-order valence-electron chi connectivity index (χ0n) is 15.4. The van der Waals surface area contributed by atoms with Gasteiger partial charge in [0.2, 0.25) is 0 Å². The lowest BCUT2D eigenvalue weighted by atomic mass is 10.0. The quantitative estimate of drug-likeness (QED) is 0.687. The van der Waals surface area contributed by atoms with E-state index >= 15 is 0 Å². The monoisotopic (exact) mass is 399 g/mol. The van der Waals surface area contributed by atoms with Gasteiger partial charge >= 0.3 is 11.9 Å². The molecular formula is C21H18FNO6. The van der Waals surface area contributed by atoms with Crippen molar-refractivity contribution in [1.29, 1.82) is 0 Å². The number of halogens is 1. The van der Waals surface area contributed by atoms with Crippen LogP contribution in [0.25, 0.3) is 11.1 Å². The highest BCUT2D eigenvalue weighted by atomic mass is 19.1. The summed E-state index contributed by atoms with van der Waals surface area (Å²) in [4.78, 5) is 35.1. The van der Waals surface area contributed by atoms with E-state index in [0.29, 0.717) is 11.3 Å². The first kappa shape index (κ1) is 20.1. The molecule has 0 aliphatic heterocycles. The van der Waals surface area contributed by atoms with E-state index in [1.165, 1.54) is 19.2 Å². The van der Waals surface area contributed by atoms with Crippen LogP contribution in [0, 0.1) is 11.7 Å². The van der Waals surface area contributed by atoms with Gasteiger partial charge in [-0.1, -0.05) is 18.2 Å². The second kappa shape index (κ2) is 8.14. The zero-order chi connectivity index (χ0) is 21.1. The molecule has 0 radical (unpaired) electrons. The average Bonchev–Trinajstić information content (AvgIpc) is 3.15. The van der Waals surface area contributed by atoms with Crippen LogP contribution in [-0.4, -0.2) is 35.2 Å². The number of aliphatic carboxylic acids is 2. The van der Waals surface area contributed by atoms with Crippen LogP contribution in [0.2, 0.25) is 0 Å². The lowest BCUT2D eigenvalue weighted by Gasteiger charge is -2.11. The Morgan fingerprint density at radius 1 is 1.10 bits per heavy atom. The Morgan fingerprint density at radius 3 is 2.45 bits per heavy atom. The van der Waals surface area contributed by atoms with Gasteiger partial charge in [0, 0.05) is 5.57 Å². The first-order valence-corrected chi connectivity index (χ1v) is 8.76. The highest BCUT2D eigenvalue weighted by Gasteiger charge is 2.38. The van der Waals surface area contributed by atoms with Crippen LogP contribution < -0.4 is 10.1 Å². The number of nitrogens with one attached hydrogen (secondary N) is 1. The van der Waals surface area contributed by atoms with Crippen LogP contribution in [0.3, 0.4) is 0 Å². The minimum Gasteiger partial charge on any atom is -0.497 e. The summed E-state index contributed by atoms with van der Waals surface area (Å²) in [5.41, 5.74) is 0.552. The third kappa shape index (κ3) is 4.11. The first-order valence-electron chi connectivity index (χ1n) is 8.76. The summed E-state index contributed by atoms with van der Waals surface area (Å²) in [7, 11) is 1.52. The molecule has 1 unspecified atom stereocenters. The molecule has 1 atom stereocenters. The number of benzene rings is 2. The number of hydrogen-bond acceptors (Lipinski definition) is 4. The van der Waals surface area contributed by atoms with Gasteiger partial charge in [0.05, 0.1) is 24.3 Å². The van der Waals surface area contributed by atoms with E-state index in [4.69, 9.17) is 9.84 Å². The normalized spacial score (nSPS) is 15.9. The minimum absolute atomic E-state index is 0.00601. The molecule has 3 N–H and O–H groups in total. The minimum atomic E-state index is -1.46. The molecule has 1 aliphatic carbocycles. The summed E-state index contributed by atoms with van der Waals surface area (Å²) >= 11 is 0. The van der Waals surface area contributed by atoms with Gasteiger partial charge in [0.1, 0.15) is 11.6 Å². The maximum atomic E-state index is 14.6. The number of rotatable bonds is 6. The number of hydrogen-bond donors (Lipinski definition) is 3. The first-order chi connectivity index (χ1) is 13.8. The molecular weight excluding hydrogens is 381 g/mol. The van der Waals surface area contributed by atoms with Gasteiger partial charge in [-0.25, -0.2) is 9.18 Å². The molecule has 2 aromatic rings. The standard InChI is InChI=1S/C21H18FNO6/c1-29-13-4-2-3-11(9-13)12-5-8-17(16(22)10-12)23-19(24)14-6-7-15(20(25)26)18(14)21(27)28/h2-5,8-10,15H,6-7H2,1H3,(H,23,24)(H,25,26)(H,27,28). The summed E-state index contributed by atoms with van der Waals surface area (Å²) in [5, 5.41) is 20.8. The van der Waals surface area contributed by atoms with Crippen molar-refractivity contribution < 1.29 is 33.7 Å². The number of carboxylic acids is 2. The number of carbonyl (C=O) groups is 3. The predicted molar refractivity (Wildman–Crippen MR) is 102 cm³/mol. The van der Waals surface area contributed by atoms with Crippen molar-refractivity contribution >= 4 is 23.5 Å². The van der Waals surface area contributed by atoms with E-state index in [9.17, 15) is 23.9 Å². The molecule has 7 nitrogen and oxygen atoms in total. The van der Waals surface area contributed by atoms with Crippen LogP contribution >= 0.6 is 0 Å². The van der Waals surface area contributed by atoms with Crippen molar-refractivity contribution in [3.63, 3.8) is 0 Å². The molecule has 0 aromatic heterocycles. The van der Waals surface area contributed by atoms with Gasteiger partial charge in [0.15, 0.2) is 0 Å². The molecule has 2 aromatic carbocycles. The highest BCUT2D eigenvalue weighted by molar-refractivity contribution is 6.11. The van der Waals surface area contributed by atoms with Crippen molar-refractivity contribution in [3.05, 3.63) is 59.4 Å². The van der Waals surface area contributed by atoms with Crippen molar-refractivity contribution in [1.82, 2.24) is 0 Å². The Hall–Kier alpha value is -3.68. The van der Waals surface area contributed by atoms with E-state index in [2.05, 4.69) is 5.32 Å². The fraction of sp³-hybridized carbons (Fsp3) is 0.190. The molecule has 0 spiro atoms. The van der Waals surface area contributed by atoms with Gasteiger partial charge in [0.25, 0.3) is 5.91 Å². The molecule has 3 rings (SSSR count). The molecule has 0 heterocycles. The smallest absolute Gasteiger partial charge is 0.332 e. The molecule has 1 amide bonds. The van der Waals surface area contributed by atoms with Crippen LogP contribution in [-0.2, 0) is 14.4 Å². The number of methoxy groups -OCH3 is 1. The van der Waals surface area contributed by atoms with Gasteiger partial charge < -0.3 is 20.3 Å². The summed E-state index contributed by atoms with van der Waals surface area (Å²) in [6.45, 7) is 0. The molecule has 0 saturated carbocycles. The van der Waals surface area contributed by atoms with Gasteiger partial charge in [-0.15, -0.1) is 0 Å². The molecule has 8 heteroatoms. The maximum Gasteiger partial charge on any atom is 0.332 e. The maximum absolute atomic E-state index is 14.6. The summed E-state index contributed by atoms with van der Waals surface area (Å²) in [5.74, 6) is -4.94. The van der Waals surface area contributed by atoms with Crippen LogP contribution in [0.1, 0.15) is 12.8 Å². The molecule has 0 bridgehead atoms. The summed E-state index contributed by atoms with van der Waals surface area (Å²) in [6.07, 6.45) is 0.00489. The van der Waals surface area contributed by atoms with E-state index in [-0.39, 0.29) is 24.1 Å². The average molecular weight is 399 g/mol. The Bertz CT molecular complexity index is 1030. The van der Waals surface area contributed by atoms with Crippen molar-refractivity contribution in [2.24, 2.45) is 5.92 Å². The molecule has 150 valence electrons.